The summed E-state index contributed by atoms with van der Waals surface area (Å²) < 4.78 is 5.04. The Kier molecular flexibility index (Phi) is 5.41. The smallest absolute Gasteiger partial charge is 0.305 e. The first-order valence-electron chi connectivity index (χ1n) is 7.59. The molecule has 0 spiro atoms. The number of carbonyl (C=O) groups is 1. The van der Waals surface area contributed by atoms with E-state index in [0.29, 0.717) is 19.6 Å². The molecule has 0 saturated heterocycles. The second-order valence-corrected chi connectivity index (χ2v) is 6.32. The molecule has 0 N–H and O–H groups in total. The first-order valence-corrected chi connectivity index (χ1v) is 7.97. The molecule has 22 heavy (non-hydrogen) atoms. The lowest BCUT2D eigenvalue weighted by molar-refractivity contribution is -0.143. The molecule has 118 valence electrons. The van der Waals surface area contributed by atoms with Crippen LogP contribution in [0, 0.1) is 5.41 Å². The molecule has 4 heteroatoms. The number of rotatable bonds is 5. The van der Waals surface area contributed by atoms with Crippen LogP contribution in [0.1, 0.15) is 39.2 Å². The fourth-order valence-electron chi connectivity index (χ4n) is 2.70. The maximum Gasteiger partial charge on any atom is 0.305 e. The van der Waals surface area contributed by atoms with Crippen molar-refractivity contribution in [2.75, 3.05) is 13.2 Å². The Bertz CT molecular complexity index is 604. The minimum absolute atomic E-state index is 0.148. The minimum atomic E-state index is -0.167. The fraction of sp³-hybridized carbons (Fsp3) is 0.444. The van der Waals surface area contributed by atoms with E-state index in [1.165, 1.54) is 5.57 Å². The number of hydrogen-bond acceptors (Lipinski definition) is 3. The summed E-state index contributed by atoms with van der Waals surface area (Å²) in [7, 11) is 0. The summed E-state index contributed by atoms with van der Waals surface area (Å²) in [6.45, 7) is 7.09. The second kappa shape index (κ2) is 7.10. The Morgan fingerprint density at radius 2 is 2.05 bits per heavy atom. The molecule has 0 aliphatic carbocycles. The van der Waals surface area contributed by atoms with E-state index in [2.05, 4.69) is 18.0 Å². The molecule has 0 fully saturated rings. The Morgan fingerprint density at radius 3 is 2.68 bits per heavy atom. The summed E-state index contributed by atoms with van der Waals surface area (Å²) in [5.41, 5.74) is 3.18. The molecule has 0 bridgehead atoms. The Balaban J connectivity index is 2.23. The lowest BCUT2D eigenvalue weighted by Gasteiger charge is -2.34. The number of allylic oxidation sites excluding steroid dienone is 1. The van der Waals surface area contributed by atoms with Crippen molar-refractivity contribution in [3.05, 3.63) is 40.9 Å². The van der Waals surface area contributed by atoms with Crippen LogP contribution in [-0.2, 0) is 9.53 Å². The zero-order chi connectivity index (χ0) is 16.2. The van der Waals surface area contributed by atoms with Gasteiger partial charge in [0.05, 0.1) is 6.61 Å². The lowest BCUT2D eigenvalue weighted by atomic mass is 9.73. The number of nitrogens with zero attached hydrogens (tertiary/aromatic N) is 1. The van der Waals surface area contributed by atoms with Gasteiger partial charge in [-0.05, 0) is 49.6 Å². The number of ether oxygens (including phenoxy) is 1. The van der Waals surface area contributed by atoms with E-state index in [4.69, 9.17) is 16.3 Å². The van der Waals surface area contributed by atoms with Gasteiger partial charge in [-0.15, -0.1) is 0 Å². The number of benzene rings is 1. The van der Waals surface area contributed by atoms with Crippen LogP contribution in [0.3, 0.4) is 0 Å². The molecular formula is C18H22ClNO2. The number of halogens is 1. The lowest BCUT2D eigenvalue weighted by Crippen LogP contribution is -2.27. The zero-order valence-electron chi connectivity index (χ0n) is 13.4. The van der Waals surface area contributed by atoms with E-state index in [0.717, 1.165) is 22.7 Å². The quantitative estimate of drug-likeness (QED) is 0.747. The molecule has 2 rings (SSSR count). The van der Waals surface area contributed by atoms with Crippen molar-refractivity contribution in [2.45, 2.75) is 33.6 Å². The second-order valence-electron chi connectivity index (χ2n) is 5.89. The van der Waals surface area contributed by atoms with E-state index >= 15 is 0 Å². The van der Waals surface area contributed by atoms with Gasteiger partial charge in [0, 0.05) is 29.1 Å². The van der Waals surface area contributed by atoms with E-state index in [-0.39, 0.29) is 11.4 Å². The number of esters is 1. The summed E-state index contributed by atoms with van der Waals surface area (Å²) >= 11 is 5.98. The third-order valence-electron chi connectivity index (χ3n) is 4.02. The molecule has 0 amide bonds. The van der Waals surface area contributed by atoms with Crippen LogP contribution in [0.4, 0.5) is 0 Å². The maximum absolute atomic E-state index is 11.7. The summed E-state index contributed by atoms with van der Waals surface area (Å²) in [5.74, 6) is -0.148. The van der Waals surface area contributed by atoms with Gasteiger partial charge in [0.15, 0.2) is 0 Å². The summed E-state index contributed by atoms with van der Waals surface area (Å²) in [4.78, 5) is 16.2. The number of aliphatic imine (C=N–C) groups is 1. The van der Waals surface area contributed by atoms with Crippen LogP contribution in [0.25, 0.3) is 5.57 Å². The van der Waals surface area contributed by atoms with E-state index in [1.807, 2.05) is 38.1 Å². The number of dihydropyridines is 1. The van der Waals surface area contributed by atoms with Crippen LogP contribution in [0.5, 0.6) is 0 Å². The SMILES string of the molecule is CCOC(=O)CC[C@@]1(C)CN=C(C)C=C1c1ccc(Cl)cc1. The first kappa shape index (κ1) is 16.8. The number of hydrogen-bond donors (Lipinski definition) is 0. The van der Waals surface area contributed by atoms with Crippen molar-refractivity contribution in [1.29, 1.82) is 0 Å². The van der Waals surface area contributed by atoms with Gasteiger partial charge in [0.2, 0.25) is 0 Å². The average Bonchev–Trinajstić information content (AvgIpc) is 2.49. The Labute approximate surface area is 137 Å². The molecule has 1 aromatic carbocycles. The molecule has 0 unspecified atom stereocenters. The van der Waals surface area contributed by atoms with Crippen molar-refractivity contribution in [3.63, 3.8) is 0 Å². The van der Waals surface area contributed by atoms with Crippen LogP contribution in [0.15, 0.2) is 35.3 Å². The third-order valence-corrected chi connectivity index (χ3v) is 4.27. The zero-order valence-corrected chi connectivity index (χ0v) is 14.1. The van der Waals surface area contributed by atoms with E-state index < -0.39 is 0 Å². The summed E-state index contributed by atoms with van der Waals surface area (Å²) in [6, 6.07) is 7.83. The van der Waals surface area contributed by atoms with Crippen LogP contribution < -0.4 is 0 Å². The van der Waals surface area contributed by atoms with Crippen molar-refractivity contribution in [3.8, 4) is 0 Å². The first-order chi connectivity index (χ1) is 10.4. The van der Waals surface area contributed by atoms with Crippen molar-refractivity contribution < 1.29 is 9.53 Å². The molecule has 1 atom stereocenters. The predicted octanol–water partition coefficient (Wildman–Crippen LogP) is 4.55. The Hall–Kier alpha value is -1.61. The summed E-state index contributed by atoms with van der Waals surface area (Å²) in [6.07, 6.45) is 3.23. The van der Waals surface area contributed by atoms with Crippen LogP contribution >= 0.6 is 11.6 Å². The fourth-order valence-corrected chi connectivity index (χ4v) is 2.83. The standard InChI is InChI=1S/C18H22ClNO2/c1-4-22-17(21)9-10-18(3)12-20-13(2)11-16(18)14-5-7-15(19)8-6-14/h5-8,11H,4,9-10,12H2,1-3H3/t18-/m0/s1. The topological polar surface area (TPSA) is 38.7 Å². The predicted molar refractivity (Wildman–Crippen MR) is 91.4 cm³/mol. The number of carbonyl (C=O) groups excluding carboxylic acids is 1. The van der Waals surface area contributed by atoms with Gasteiger partial charge in [0.25, 0.3) is 0 Å². The minimum Gasteiger partial charge on any atom is -0.466 e. The van der Waals surface area contributed by atoms with Gasteiger partial charge in [-0.3, -0.25) is 9.79 Å². The Morgan fingerprint density at radius 1 is 1.36 bits per heavy atom. The largest absolute Gasteiger partial charge is 0.466 e. The average molecular weight is 320 g/mol. The summed E-state index contributed by atoms with van der Waals surface area (Å²) in [5, 5.41) is 0.721. The molecule has 1 aromatic rings. The molecule has 3 nitrogen and oxygen atoms in total. The molecular weight excluding hydrogens is 298 g/mol. The molecule has 1 aliphatic rings. The third kappa shape index (κ3) is 3.98. The normalized spacial score (nSPS) is 21.1. The molecule has 0 radical (unpaired) electrons. The van der Waals surface area contributed by atoms with E-state index in [9.17, 15) is 4.79 Å². The highest BCUT2D eigenvalue weighted by atomic mass is 35.5. The molecule has 1 heterocycles. The molecule has 0 aromatic heterocycles. The van der Waals surface area contributed by atoms with Gasteiger partial charge in [-0.1, -0.05) is 30.7 Å². The highest BCUT2D eigenvalue weighted by Gasteiger charge is 2.32. The van der Waals surface area contributed by atoms with Gasteiger partial charge >= 0.3 is 5.97 Å². The molecule has 0 saturated carbocycles. The van der Waals surface area contributed by atoms with Crippen molar-refractivity contribution >= 4 is 28.9 Å². The van der Waals surface area contributed by atoms with Gasteiger partial charge in [-0.2, -0.15) is 0 Å². The molecule has 1 aliphatic heterocycles. The van der Waals surface area contributed by atoms with Gasteiger partial charge < -0.3 is 4.74 Å². The highest BCUT2D eigenvalue weighted by Crippen LogP contribution is 2.41. The van der Waals surface area contributed by atoms with E-state index in [1.54, 1.807) is 0 Å². The highest BCUT2D eigenvalue weighted by molar-refractivity contribution is 6.30. The van der Waals surface area contributed by atoms with Crippen molar-refractivity contribution in [2.24, 2.45) is 10.4 Å². The van der Waals surface area contributed by atoms with Gasteiger partial charge in [0.1, 0.15) is 0 Å². The van der Waals surface area contributed by atoms with Crippen LogP contribution in [-0.4, -0.2) is 24.8 Å². The van der Waals surface area contributed by atoms with Gasteiger partial charge in [-0.25, -0.2) is 0 Å². The van der Waals surface area contributed by atoms with Crippen LogP contribution in [0.2, 0.25) is 5.02 Å². The van der Waals surface area contributed by atoms with Crippen molar-refractivity contribution in [1.82, 2.24) is 0 Å². The maximum atomic E-state index is 11.7. The monoisotopic (exact) mass is 319 g/mol.